The summed E-state index contributed by atoms with van der Waals surface area (Å²) >= 11 is 1.77. The Kier molecular flexibility index (Phi) is 5.22. The maximum absolute atomic E-state index is 13.0. The summed E-state index contributed by atoms with van der Waals surface area (Å²) in [6.07, 6.45) is 5.12. The minimum Gasteiger partial charge on any atom is -0.336 e. The lowest BCUT2D eigenvalue weighted by molar-refractivity contribution is 0.0455. The van der Waals surface area contributed by atoms with Crippen molar-refractivity contribution in [3.8, 4) is 0 Å². The van der Waals surface area contributed by atoms with Gasteiger partial charge in [-0.15, -0.1) is 0 Å². The highest BCUT2D eigenvalue weighted by atomic mass is 32.1. The summed E-state index contributed by atoms with van der Waals surface area (Å²) in [6, 6.07) is 9.41. The van der Waals surface area contributed by atoms with E-state index in [0.29, 0.717) is 0 Å². The van der Waals surface area contributed by atoms with E-state index in [-0.39, 0.29) is 5.91 Å². The summed E-state index contributed by atoms with van der Waals surface area (Å²) in [6.45, 7) is 6.91. The van der Waals surface area contributed by atoms with Crippen LogP contribution in [0, 0.1) is 0 Å². The van der Waals surface area contributed by atoms with Crippen LogP contribution in [0.4, 0.5) is 0 Å². The highest BCUT2D eigenvalue weighted by Crippen LogP contribution is 2.26. The molecule has 1 amide bonds. The zero-order chi connectivity index (χ0) is 18.9. The zero-order valence-corrected chi connectivity index (χ0v) is 17.3. The molecule has 0 N–H and O–H groups in total. The first-order valence-corrected chi connectivity index (χ1v) is 11.6. The Labute approximate surface area is 171 Å². The van der Waals surface area contributed by atoms with Crippen LogP contribution in [0.2, 0.25) is 0 Å². The van der Waals surface area contributed by atoms with Crippen LogP contribution < -0.4 is 0 Å². The topological polar surface area (TPSA) is 26.8 Å². The van der Waals surface area contributed by atoms with Crippen molar-refractivity contribution < 1.29 is 4.79 Å². The van der Waals surface area contributed by atoms with E-state index in [4.69, 9.17) is 0 Å². The first kappa shape index (κ1) is 18.3. The van der Waals surface area contributed by atoms with Crippen LogP contribution >= 0.6 is 11.3 Å². The molecular formula is C23H29N3OS. The maximum Gasteiger partial charge on any atom is 0.253 e. The zero-order valence-electron chi connectivity index (χ0n) is 16.5. The number of hydrogen-bond donors (Lipinski definition) is 0. The van der Waals surface area contributed by atoms with Gasteiger partial charge < -0.3 is 4.90 Å². The molecule has 0 unspecified atom stereocenters. The quantitative estimate of drug-likeness (QED) is 0.791. The van der Waals surface area contributed by atoms with Crippen LogP contribution in [0.5, 0.6) is 0 Å². The minimum atomic E-state index is 0.219. The van der Waals surface area contributed by atoms with Crippen molar-refractivity contribution in [3.05, 3.63) is 57.3 Å². The molecule has 5 heteroatoms. The van der Waals surface area contributed by atoms with Crippen molar-refractivity contribution >= 4 is 17.2 Å². The molecule has 1 saturated carbocycles. The monoisotopic (exact) mass is 395 g/mol. The van der Waals surface area contributed by atoms with E-state index >= 15 is 0 Å². The maximum atomic E-state index is 13.0. The number of fused-ring (bicyclic) bond motifs is 1. The van der Waals surface area contributed by atoms with E-state index in [1.807, 2.05) is 6.07 Å². The van der Waals surface area contributed by atoms with Gasteiger partial charge in [-0.1, -0.05) is 12.5 Å². The third-order valence-electron chi connectivity index (χ3n) is 6.72. The van der Waals surface area contributed by atoms with E-state index < -0.39 is 0 Å². The number of amides is 1. The number of rotatable bonds is 4. The van der Waals surface area contributed by atoms with Crippen molar-refractivity contribution in [2.45, 2.75) is 44.8 Å². The Morgan fingerprint density at radius 3 is 2.61 bits per heavy atom. The number of nitrogens with zero attached hydrogens (tertiary/aromatic N) is 3. The number of carbonyl (C=O) groups is 1. The standard InChI is InChI=1S/C23H29N3OS/c27-23(26-11-9-25(10-12-26)22-2-1-3-22)20-4-5-21-16-24(8-6-19(21)14-20)15-18-7-13-28-17-18/h4-5,7,13-14,17,22H,1-3,6,8-12,15-16H2. The molecule has 0 spiro atoms. The number of carbonyl (C=O) groups excluding carboxylic acids is 1. The van der Waals surface area contributed by atoms with Gasteiger partial charge >= 0.3 is 0 Å². The van der Waals surface area contributed by atoms with Crippen LogP contribution in [-0.2, 0) is 19.5 Å². The number of thiophene rings is 1. The van der Waals surface area contributed by atoms with Gasteiger partial charge in [-0.3, -0.25) is 14.6 Å². The Hall–Kier alpha value is -1.69. The smallest absolute Gasteiger partial charge is 0.253 e. The van der Waals surface area contributed by atoms with Crippen molar-refractivity contribution in [1.29, 1.82) is 0 Å². The van der Waals surface area contributed by atoms with Crippen molar-refractivity contribution in [1.82, 2.24) is 14.7 Å². The molecule has 1 saturated heterocycles. The van der Waals surface area contributed by atoms with Crippen LogP contribution in [0.25, 0.3) is 0 Å². The summed E-state index contributed by atoms with van der Waals surface area (Å²) in [5, 5.41) is 4.39. The molecule has 2 aliphatic heterocycles. The van der Waals surface area contributed by atoms with Gasteiger partial charge in [0.25, 0.3) is 5.91 Å². The predicted molar refractivity (Wildman–Crippen MR) is 114 cm³/mol. The second-order valence-electron chi connectivity index (χ2n) is 8.49. The fourth-order valence-electron chi connectivity index (χ4n) is 4.74. The van der Waals surface area contributed by atoms with E-state index in [0.717, 1.165) is 63.8 Å². The van der Waals surface area contributed by atoms with Crippen LogP contribution in [0.15, 0.2) is 35.0 Å². The molecule has 1 aromatic carbocycles. The average molecular weight is 396 g/mol. The minimum absolute atomic E-state index is 0.219. The van der Waals surface area contributed by atoms with Gasteiger partial charge in [0.1, 0.15) is 0 Å². The molecule has 0 radical (unpaired) electrons. The highest BCUT2D eigenvalue weighted by molar-refractivity contribution is 7.07. The Morgan fingerprint density at radius 2 is 1.89 bits per heavy atom. The fourth-order valence-corrected chi connectivity index (χ4v) is 5.40. The largest absolute Gasteiger partial charge is 0.336 e. The van der Waals surface area contributed by atoms with Crippen molar-refractivity contribution in [2.24, 2.45) is 0 Å². The lowest BCUT2D eigenvalue weighted by atomic mass is 9.91. The van der Waals surface area contributed by atoms with E-state index in [1.165, 1.54) is 36.0 Å². The molecule has 2 aromatic rings. The molecule has 4 nitrogen and oxygen atoms in total. The molecule has 28 heavy (non-hydrogen) atoms. The Balaban J connectivity index is 1.21. The molecule has 0 atom stereocenters. The summed E-state index contributed by atoms with van der Waals surface area (Å²) in [5.74, 6) is 0.219. The molecule has 3 heterocycles. The van der Waals surface area contributed by atoms with Gasteiger partial charge in [0.05, 0.1) is 0 Å². The fraction of sp³-hybridized carbons (Fsp3) is 0.522. The predicted octanol–water partition coefficient (Wildman–Crippen LogP) is 3.62. The second kappa shape index (κ2) is 7.97. The molecule has 3 aliphatic rings. The second-order valence-corrected chi connectivity index (χ2v) is 9.27. The van der Waals surface area contributed by atoms with Gasteiger partial charge in [0.15, 0.2) is 0 Å². The third-order valence-corrected chi connectivity index (χ3v) is 7.46. The third kappa shape index (κ3) is 3.76. The molecule has 1 aromatic heterocycles. The lowest BCUT2D eigenvalue weighted by Gasteiger charge is -2.43. The first-order valence-electron chi connectivity index (χ1n) is 10.6. The average Bonchev–Trinajstić information content (AvgIpc) is 3.19. The van der Waals surface area contributed by atoms with Crippen LogP contribution in [-0.4, -0.2) is 59.4 Å². The van der Waals surface area contributed by atoms with Gasteiger partial charge in [-0.25, -0.2) is 0 Å². The summed E-state index contributed by atoms with van der Waals surface area (Å²) in [4.78, 5) is 20.2. The van der Waals surface area contributed by atoms with E-state index in [1.54, 1.807) is 11.3 Å². The number of piperazine rings is 1. The van der Waals surface area contributed by atoms with Crippen molar-refractivity contribution in [2.75, 3.05) is 32.7 Å². The molecule has 1 aliphatic carbocycles. The normalized spacial score (nSPS) is 21.4. The highest BCUT2D eigenvalue weighted by Gasteiger charge is 2.30. The SMILES string of the molecule is O=C(c1ccc2c(c1)CCN(Cc1ccsc1)C2)N1CCN(C2CCC2)CC1. The summed E-state index contributed by atoms with van der Waals surface area (Å²) in [7, 11) is 0. The van der Waals surface area contributed by atoms with Crippen LogP contribution in [0.3, 0.4) is 0 Å². The Morgan fingerprint density at radius 1 is 1.04 bits per heavy atom. The van der Waals surface area contributed by atoms with E-state index in [2.05, 4.69) is 43.7 Å². The van der Waals surface area contributed by atoms with Crippen molar-refractivity contribution in [3.63, 3.8) is 0 Å². The molecule has 148 valence electrons. The molecule has 2 fully saturated rings. The van der Waals surface area contributed by atoms with Gasteiger partial charge in [-0.2, -0.15) is 11.3 Å². The number of benzene rings is 1. The van der Waals surface area contributed by atoms with Gasteiger partial charge in [0, 0.05) is 57.4 Å². The lowest BCUT2D eigenvalue weighted by Crippen LogP contribution is -2.53. The van der Waals surface area contributed by atoms with Gasteiger partial charge in [0.2, 0.25) is 0 Å². The van der Waals surface area contributed by atoms with Crippen LogP contribution in [0.1, 0.15) is 46.3 Å². The Bertz CT molecular complexity index is 822. The molecule has 5 rings (SSSR count). The number of hydrogen-bond acceptors (Lipinski definition) is 4. The van der Waals surface area contributed by atoms with Gasteiger partial charge in [-0.05, 0) is 64.9 Å². The molecule has 0 bridgehead atoms. The first-order chi connectivity index (χ1) is 13.8. The molecular weight excluding hydrogens is 366 g/mol. The van der Waals surface area contributed by atoms with E-state index in [9.17, 15) is 4.79 Å². The summed E-state index contributed by atoms with van der Waals surface area (Å²) < 4.78 is 0. The summed E-state index contributed by atoms with van der Waals surface area (Å²) in [5.41, 5.74) is 5.02.